The number of halogens is 4. The maximum Gasteiger partial charge on any atom is 0.267 e. The molecule has 40 heavy (non-hydrogen) atoms. The van der Waals surface area contributed by atoms with Crippen LogP contribution in [0.4, 0.5) is 5.69 Å². The van der Waals surface area contributed by atoms with Crippen molar-refractivity contribution >= 4 is 120 Å². The van der Waals surface area contributed by atoms with Gasteiger partial charge in [-0.15, -0.1) is 11.3 Å². The largest absolute Gasteiger partial charge is 0.293 e. The zero-order chi connectivity index (χ0) is 28.1. The number of ketones is 1. The molecule has 6 rings (SSSR count). The number of carbonyl (C=O) groups excluding carboxylic acids is 3. The molecule has 11 heteroatoms. The van der Waals surface area contributed by atoms with Crippen LogP contribution in [-0.2, 0) is 0 Å². The highest BCUT2D eigenvalue weighted by atomic mass is 79.9. The topological polar surface area (TPSA) is 67.3 Å². The van der Waals surface area contributed by atoms with Gasteiger partial charge < -0.3 is 0 Å². The van der Waals surface area contributed by atoms with Gasteiger partial charge >= 0.3 is 0 Å². The summed E-state index contributed by atoms with van der Waals surface area (Å²) >= 11 is 16.7. The number of rotatable bonds is 6. The second kappa shape index (κ2) is 11.7. The molecule has 5 nitrogen and oxygen atoms in total. The Morgan fingerprint density at radius 2 is 1.50 bits per heavy atom. The molecule has 0 atom stereocenters. The van der Waals surface area contributed by atoms with Crippen LogP contribution in [0.25, 0.3) is 10.2 Å². The third kappa shape index (κ3) is 5.19. The highest BCUT2D eigenvalue weighted by molar-refractivity contribution is 9.15. The standard InChI is InChI=1S/C29H20Br4N2O3S2/c30-23-21-22(24(31)26(33)25(23)32)28(38)35(27(21)37)17-10-11-18-20(12-17)40-29(34-18)39-13-19(36)16-8-6-15(7-9-16)14-4-2-1-3-5-14/h6-12,14H,1-5,13H2. The van der Waals surface area contributed by atoms with E-state index in [1.807, 2.05) is 12.1 Å². The number of carbonyl (C=O) groups is 3. The first-order valence-electron chi connectivity index (χ1n) is 12.7. The van der Waals surface area contributed by atoms with Crippen molar-refractivity contribution in [3.8, 4) is 0 Å². The number of nitrogens with zero attached hydrogens (tertiary/aromatic N) is 2. The van der Waals surface area contributed by atoms with E-state index in [0.29, 0.717) is 46.4 Å². The predicted molar refractivity (Wildman–Crippen MR) is 175 cm³/mol. The van der Waals surface area contributed by atoms with Gasteiger partial charge in [-0.3, -0.25) is 14.4 Å². The van der Waals surface area contributed by atoms with Gasteiger partial charge in [0.15, 0.2) is 10.1 Å². The van der Waals surface area contributed by atoms with Crippen LogP contribution in [0, 0.1) is 0 Å². The molecule has 1 fully saturated rings. The Morgan fingerprint density at radius 1 is 0.875 bits per heavy atom. The fourth-order valence-electron chi connectivity index (χ4n) is 5.26. The second-order valence-electron chi connectivity index (χ2n) is 9.75. The molecule has 204 valence electrons. The van der Waals surface area contributed by atoms with Crippen molar-refractivity contribution in [1.29, 1.82) is 0 Å². The van der Waals surface area contributed by atoms with Gasteiger partial charge in [0, 0.05) is 23.5 Å². The van der Waals surface area contributed by atoms with E-state index in [9.17, 15) is 14.4 Å². The van der Waals surface area contributed by atoms with Gasteiger partial charge in [0.05, 0.1) is 32.8 Å². The average molecular weight is 828 g/mol. The summed E-state index contributed by atoms with van der Waals surface area (Å²) in [6.45, 7) is 0. The van der Waals surface area contributed by atoms with Crippen LogP contribution in [0.5, 0.6) is 0 Å². The van der Waals surface area contributed by atoms with E-state index in [2.05, 4.69) is 80.8 Å². The van der Waals surface area contributed by atoms with Crippen molar-refractivity contribution in [2.75, 3.05) is 10.7 Å². The van der Waals surface area contributed by atoms with Crippen molar-refractivity contribution in [1.82, 2.24) is 4.98 Å². The number of fused-ring (bicyclic) bond motifs is 2. The highest BCUT2D eigenvalue weighted by Crippen LogP contribution is 2.46. The summed E-state index contributed by atoms with van der Waals surface area (Å²) in [5.41, 5.74) is 3.89. The fraction of sp³-hybridized carbons (Fsp3) is 0.241. The molecule has 2 amide bonds. The van der Waals surface area contributed by atoms with Gasteiger partial charge in [0.2, 0.25) is 0 Å². The Hall–Kier alpha value is -1.37. The normalized spacial score (nSPS) is 15.8. The Labute approximate surface area is 273 Å². The van der Waals surface area contributed by atoms with Crippen molar-refractivity contribution < 1.29 is 14.4 Å². The number of amides is 2. The minimum atomic E-state index is -0.403. The molecule has 1 aromatic heterocycles. The van der Waals surface area contributed by atoms with Crippen molar-refractivity contribution in [3.63, 3.8) is 0 Å². The van der Waals surface area contributed by atoms with E-state index < -0.39 is 11.8 Å². The molecular formula is C29H20Br4N2O3S2. The zero-order valence-corrected chi connectivity index (χ0v) is 28.8. The van der Waals surface area contributed by atoms with Gasteiger partial charge in [0.25, 0.3) is 11.8 Å². The Balaban J connectivity index is 1.18. The number of aromatic nitrogens is 1. The molecule has 2 aliphatic rings. The summed E-state index contributed by atoms with van der Waals surface area (Å²) in [4.78, 5) is 45.5. The maximum absolute atomic E-state index is 13.4. The van der Waals surface area contributed by atoms with E-state index in [1.54, 1.807) is 18.2 Å². The van der Waals surface area contributed by atoms with Crippen LogP contribution in [0.1, 0.15) is 74.7 Å². The molecule has 3 aromatic carbocycles. The molecule has 1 aliphatic heterocycles. The molecular weight excluding hydrogens is 808 g/mol. The monoisotopic (exact) mass is 824 g/mol. The lowest BCUT2D eigenvalue weighted by Gasteiger charge is -2.22. The van der Waals surface area contributed by atoms with Gasteiger partial charge in [0.1, 0.15) is 0 Å². The van der Waals surface area contributed by atoms with E-state index in [-0.39, 0.29) is 5.78 Å². The summed E-state index contributed by atoms with van der Waals surface area (Å²) in [5.74, 6) is 0.171. The van der Waals surface area contributed by atoms with Gasteiger partial charge in [-0.2, -0.15) is 0 Å². The molecule has 1 saturated carbocycles. The third-order valence-electron chi connectivity index (χ3n) is 7.35. The molecule has 4 aromatic rings. The lowest BCUT2D eigenvalue weighted by molar-refractivity contribution is 0.0924. The Bertz CT molecular complexity index is 1650. The first kappa shape index (κ1) is 28.7. The quantitative estimate of drug-likeness (QED) is 0.0637. The molecule has 1 aliphatic carbocycles. The molecule has 0 radical (unpaired) electrons. The molecule has 2 heterocycles. The highest BCUT2D eigenvalue weighted by Gasteiger charge is 2.42. The zero-order valence-electron chi connectivity index (χ0n) is 20.8. The number of thiazole rings is 1. The van der Waals surface area contributed by atoms with Crippen LogP contribution in [-0.4, -0.2) is 28.3 Å². The second-order valence-corrected chi connectivity index (χ2v) is 15.2. The van der Waals surface area contributed by atoms with E-state index in [4.69, 9.17) is 0 Å². The average Bonchev–Trinajstić information content (AvgIpc) is 3.50. The predicted octanol–water partition coefficient (Wildman–Crippen LogP) is 10.2. The number of hydrogen-bond acceptors (Lipinski definition) is 6. The summed E-state index contributed by atoms with van der Waals surface area (Å²) in [6, 6.07) is 13.5. The van der Waals surface area contributed by atoms with Crippen LogP contribution >= 0.6 is 86.8 Å². The summed E-state index contributed by atoms with van der Waals surface area (Å²) < 4.78 is 3.93. The number of imide groups is 1. The maximum atomic E-state index is 13.4. The van der Waals surface area contributed by atoms with Crippen LogP contribution in [0.15, 0.2) is 64.7 Å². The SMILES string of the molecule is O=C(CSc1nc2ccc(N3C(=O)c4c(Br)c(Br)c(Br)c(Br)c4C3=O)cc2s1)c1ccc(C2CCCCC2)cc1. The van der Waals surface area contributed by atoms with Crippen molar-refractivity contribution in [2.45, 2.75) is 42.4 Å². The number of thioether (sulfide) groups is 1. The summed E-state index contributed by atoms with van der Waals surface area (Å²) in [7, 11) is 0. The van der Waals surface area contributed by atoms with E-state index in [1.165, 1.54) is 65.7 Å². The van der Waals surface area contributed by atoms with Crippen LogP contribution in [0.2, 0.25) is 0 Å². The lowest BCUT2D eigenvalue weighted by Crippen LogP contribution is -2.29. The Kier molecular flexibility index (Phi) is 8.42. The van der Waals surface area contributed by atoms with Crippen LogP contribution in [0.3, 0.4) is 0 Å². The Morgan fingerprint density at radius 3 is 2.12 bits per heavy atom. The number of benzene rings is 3. The van der Waals surface area contributed by atoms with Gasteiger partial charge in [-0.25, -0.2) is 9.88 Å². The fourth-order valence-corrected chi connectivity index (χ4v) is 9.72. The molecule has 0 unspecified atom stereocenters. The van der Waals surface area contributed by atoms with Crippen molar-refractivity contribution in [2.24, 2.45) is 0 Å². The van der Waals surface area contributed by atoms with E-state index in [0.717, 1.165) is 20.1 Å². The van der Waals surface area contributed by atoms with Crippen molar-refractivity contribution in [3.05, 3.63) is 82.6 Å². The van der Waals surface area contributed by atoms with Gasteiger partial charge in [-0.05, 0) is 106 Å². The lowest BCUT2D eigenvalue weighted by atomic mass is 9.84. The minimum absolute atomic E-state index is 0.0691. The molecule has 0 bridgehead atoms. The summed E-state index contributed by atoms with van der Waals surface area (Å²) in [6.07, 6.45) is 6.37. The van der Waals surface area contributed by atoms with E-state index >= 15 is 0 Å². The molecule has 0 N–H and O–H groups in total. The first-order valence-corrected chi connectivity index (χ1v) is 17.6. The number of anilines is 1. The number of Topliss-reactive ketones (excluding diaryl/α,β-unsaturated/α-hetero) is 1. The first-order chi connectivity index (χ1) is 19.2. The smallest absolute Gasteiger partial charge is 0.267 e. The van der Waals surface area contributed by atoms with Crippen LogP contribution < -0.4 is 4.90 Å². The number of hydrogen-bond donors (Lipinski definition) is 0. The summed E-state index contributed by atoms with van der Waals surface area (Å²) in [5, 5.41) is 0. The minimum Gasteiger partial charge on any atom is -0.293 e. The third-order valence-corrected chi connectivity index (χ3v) is 14.3. The van der Waals surface area contributed by atoms with Gasteiger partial charge in [-0.1, -0.05) is 55.3 Å². The molecule has 0 spiro atoms. The molecule has 0 saturated heterocycles.